The van der Waals surface area contributed by atoms with Crippen molar-refractivity contribution in [1.29, 1.82) is 0 Å². The average Bonchev–Trinajstić information content (AvgIpc) is 3.28. The number of hydrogen-bond donors (Lipinski definition) is 0. The van der Waals surface area contributed by atoms with E-state index in [4.69, 9.17) is 9.47 Å². The summed E-state index contributed by atoms with van der Waals surface area (Å²) in [4.78, 5) is 16.8. The average molecular weight is 411 g/mol. The molecule has 0 saturated carbocycles. The Balaban J connectivity index is 1.64. The molecule has 2 unspecified atom stereocenters. The molecule has 1 aromatic rings. The number of carbonyl (C=O) groups is 1. The summed E-state index contributed by atoms with van der Waals surface area (Å²) in [6, 6.07) is 7.52. The van der Waals surface area contributed by atoms with E-state index in [2.05, 4.69) is 0 Å². The molecule has 156 valence electrons. The molecule has 2 heterocycles. The van der Waals surface area contributed by atoms with Gasteiger partial charge < -0.3 is 14.4 Å². The number of hydrogen-bond acceptors (Lipinski definition) is 6. The zero-order chi connectivity index (χ0) is 20.1. The minimum Gasteiger partial charge on any atom is -0.497 e. The Kier molecular flexibility index (Phi) is 6.95. The predicted octanol–water partition coefficient (Wildman–Crippen LogP) is 1.32. The van der Waals surface area contributed by atoms with Crippen molar-refractivity contribution in [3.05, 3.63) is 29.8 Å². The molecule has 0 spiro atoms. The molecule has 0 aliphatic carbocycles. The third kappa shape index (κ3) is 5.68. The first-order chi connectivity index (χ1) is 13.4. The van der Waals surface area contributed by atoms with Crippen molar-refractivity contribution in [3.8, 4) is 5.75 Å². The fourth-order valence-electron chi connectivity index (χ4n) is 3.94. The van der Waals surface area contributed by atoms with Gasteiger partial charge in [0.25, 0.3) is 0 Å². The van der Waals surface area contributed by atoms with Crippen LogP contribution in [0, 0.1) is 0 Å². The first kappa shape index (κ1) is 21.1. The van der Waals surface area contributed by atoms with Crippen LogP contribution in [0.1, 0.15) is 24.8 Å². The maximum absolute atomic E-state index is 13.1. The molecule has 1 amide bonds. The van der Waals surface area contributed by atoms with Gasteiger partial charge in [-0.15, -0.1) is 0 Å². The predicted molar refractivity (Wildman–Crippen MR) is 107 cm³/mol. The lowest BCUT2D eigenvalue weighted by molar-refractivity contribution is -0.135. The highest BCUT2D eigenvalue weighted by atomic mass is 32.2. The van der Waals surface area contributed by atoms with E-state index < -0.39 is 9.84 Å². The summed E-state index contributed by atoms with van der Waals surface area (Å²) in [5, 5.41) is 0. The van der Waals surface area contributed by atoms with Gasteiger partial charge in [0.2, 0.25) is 5.91 Å². The van der Waals surface area contributed by atoms with Gasteiger partial charge in [-0.3, -0.25) is 9.69 Å². The summed E-state index contributed by atoms with van der Waals surface area (Å²) in [5.41, 5.74) is 1.06. The van der Waals surface area contributed by atoms with Crippen molar-refractivity contribution in [3.63, 3.8) is 0 Å². The molecular weight excluding hydrogens is 380 g/mol. The van der Waals surface area contributed by atoms with Crippen LogP contribution in [0.5, 0.6) is 5.75 Å². The van der Waals surface area contributed by atoms with Crippen molar-refractivity contribution in [2.75, 3.05) is 45.4 Å². The Morgan fingerprint density at radius 1 is 1.32 bits per heavy atom. The largest absolute Gasteiger partial charge is 0.497 e. The zero-order valence-corrected chi connectivity index (χ0v) is 17.5. The van der Waals surface area contributed by atoms with Crippen LogP contribution in [-0.4, -0.2) is 81.6 Å². The Hall–Kier alpha value is -1.64. The molecule has 0 bridgehead atoms. The standard InChI is InChI=1S/C20H30N2O5S/c1-21(12-16-5-3-6-18(11-16)26-2)14-20(23)22(13-19-7-4-9-27-19)17-8-10-28(24,25)15-17/h3,5-6,11,17,19H,4,7-10,12-15H2,1-2H3. The van der Waals surface area contributed by atoms with Crippen LogP contribution in [-0.2, 0) is 25.9 Å². The van der Waals surface area contributed by atoms with E-state index in [0.29, 0.717) is 26.1 Å². The molecule has 0 N–H and O–H groups in total. The fourth-order valence-corrected chi connectivity index (χ4v) is 5.67. The maximum atomic E-state index is 13.1. The fraction of sp³-hybridized carbons (Fsp3) is 0.650. The second kappa shape index (κ2) is 9.24. The Labute approximate surface area is 167 Å². The molecule has 28 heavy (non-hydrogen) atoms. The van der Waals surface area contributed by atoms with Crippen molar-refractivity contribution < 1.29 is 22.7 Å². The van der Waals surface area contributed by atoms with Gasteiger partial charge in [0.15, 0.2) is 9.84 Å². The molecule has 1 aromatic carbocycles. The van der Waals surface area contributed by atoms with Crippen molar-refractivity contribution in [1.82, 2.24) is 9.80 Å². The molecule has 8 heteroatoms. The van der Waals surface area contributed by atoms with Gasteiger partial charge in [-0.2, -0.15) is 0 Å². The first-order valence-corrected chi connectivity index (χ1v) is 11.6. The van der Waals surface area contributed by atoms with Crippen molar-refractivity contribution >= 4 is 15.7 Å². The van der Waals surface area contributed by atoms with E-state index in [1.54, 1.807) is 12.0 Å². The van der Waals surface area contributed by atoms with Crippen LogP contribution < -0.4 is 4.74 Å². The van der Waals surface area contributed by atoms with Gasteiger partial charge in [-0.1, -0.05) is 12.1 Å². The smallest absolute Gasteiger partial charge is 0.237 e. The van der Waals surface area contributed by atoms with Gasteiger partial charge in [0.1, 0.15) is 5.75 Å². The molecule has 2 atom stereocenters. The van der Waals surface area contributed by atoms with Crippen LogP contribution in [0.4, 0.5) is 0 Å². The van der Waals surface area contributed by atoms with Gasteiger partial charge in [0.05, 0.1) is 31.3 Å². The van der Waals surface area contributed by atoms with Crippen LogP contribution in [0.15, 0.2) is 24.3 Å². The van der Waals surface area contributed by atoms with Crippen molar-refractivity contribution in [2.45, 2.75) is 38.0 Å². The molecule has 0 aromatic heterocycles. The molecule has 3 rings (SSSR count). The number of amides is 1. The first-order valence-electron chi connectivity index (χ1n) is 9.79. The lowest BCUT2D eigenvalue weighted by Gasteiger charge is -2.32. The summed E-state index contributed by atoms with van der Waals surface area (Å²) in [7, 11) is 0.471. The number of nitrogens with zero attached hydrogens (tertiary/aromatic N) is 2. The molecular formula is C20H30N2O5S. The third-order valence-electron chi connectivity index (χ3n) is 5.39. The summed E-state index contributed by atoms with van der Waals surface area (Å²) in [6.07, 6.45) is 2.44. The van der Waals surface area contributed by atoms with Crippen LogP contribution in [0.25, 0.3) is 0 Å². The number of rotatable bonds is 8. The van der Waals surface area contributed by atoms with E-state index >= 15 is 0 Å². The Morgan fingerprint density at radius 3 is 2.79 bits per heavy atom. The van der Waals surface area contributed by atoms with Gasteiger partial charge in [-0.05, 0) is 44.0 Å². The van der Waals surface area contributed by atoms with E-state index in [1.165, 1.54) is 0 Å². The molecule has 2 fully saturated rings. The van der Waals surface area contributed by atoms with E-state index in [-0.39, 0.29) is 36.1 Å². The van der Waals surface area contributed by atoms with Crippen LogP contribution >= 0.6 is 0 Å². The SMILES string of the molecule is COc1cccc(CN(C)CC(=O)N(CC2CCCO2)C2CCS(=O)(=O)C2)c1. The monoisotopic (exact) mass is 410 g/mol. The molecule has 7 nitrogen and oxygen atoms in total. The summed E-state index contributed by atoms with van der Waals surface area (Å²) in [6.45, 7) is 2.04. The lowest BCUT2D eigenvalue weighted by atomic mass is 10.1. The van der Waals surface area contributed by atoms with Crippen LogP contribution in [0.2, 0.25) is 0 Å². The summed E-state index contributed by atoms with van der Waals surface area (Å²) < 4.78 is 34.8. The maximum Gasteiger partial charge on any atom is 0.237 e. The number of carbonyl (C=O) groups excluding carboxylic acids is 1. The quantitative estimate of drug-likeness (QED) is 0.643. The summed E-state index contributed by atoms with van der Waals surface area (Å²) >= 11 is 0. The second-order valence-electron chi connectivity index (χ2n) is 7.76. The highest BCUT2D eigenvalue weighted by Crippen LogP contribution is 2.22. The number of ether oxygens (including phenoxy) is 2. The third-order valence-corrected chi connectivity index (χ3v) is 7.14. The second-order valence-corrected chi connectivity index (χ2v) is 9.99. The van der Waals surface area contributed by atoms with Crippen LogP contribution in [0.3, 0.4) is 0 Å². The van der Waals surface area contributed by atoms with Gasteiger partial charge in [0, 0.05) is 25.7 Å². The van der Waals surface area contributed by atoms with E-state index in [9.17, 15) is 13.2 Å². The highest BCUT2D eigenvalue weighted by Gasteiger charge is 2.36. The van der Waals surface area contributed by atoms with Crippen molar-refractivity contribution in [2.24, 2.45) is 0 Å². The minimum atomic E-state index is -3.05. The normalized spacial score (nSPS) is 23.8. The van der Waals surface area contributed by atoms with Gasteiger partial charge >= 0.3 is 0 Å². The van der Waals surface area contributed by atoms with Gasteiger partial charge in [-0.25, -0.2) is 8.42 Å². The Bertz CT molecular complexity index is 777. The minimum absolute atomic E-state index is 0.0101. The molecule has 2 aliphatic heterocycles. The summed E-state index contributed by atoms with van der Waals surface area (Å²) in [5.74, 6) is 0.967. The zero-order valence-electron chi connectivity index (χ0n) is 16.7. The lowest BCUT2D eigenvalue weighted by Crippen LogP contribution is -2.48. The number of benzene rings is 1. The number of methoxy groups -OCH3 is 1. The van der Waals surface area contributed by atoms with E-state index in [0.717, 1.165) is 24.2 Å². The highest BCUT2D eigenvalue weighted by molar-refractivity contribution is 7.91. The Morgan fingerprint density at radius 2 is 2.14 bits per heavy atom. The molecule has 0 radical (unpaired) electrons. The number of likely N-dealkylation sites (N-methyl/N-ethyl adjacent to an activating group) is 1. The molecule has 2 saturated heterocycles. The van der Waals surface area contributed by atoms with E-state index in [1.807, 2.05) is 36.2 Å². The topological polar surface area (TPSA) is 76.2 Å². The molecule has 2 aliphatic rings. The number of sulfone groups is 1.